The first-order chi connectivity index (χ1) is 12.3. The summed E-state index contributed by atoms with van der Waals surface area (Å²) in [6.07, 6.45) is 4.49. The molecule has 1 aliphatic rings. The van der Waals surface area contributed by atoms with Gasteiger partial charge < -0.3 is 9.64 Å². The molecule has 1 heterocycles. The number of amides is 1. The lowest BCUT2D eigenvalue weighted by Gasteiger charge is -2.40. The lowest BCUT2D eigenvalue weighted by molar-refractivity contribution is -0.385. The van der Waals surface area contributed by atoms with E-state index in [0.717, 1.165) is 25.3 Å². The number of benzene rings is 1. The summed E-state index contributed by atoms with van der Waals surface area (Å²) in [5.41, 5.74) is 0.198. The fourth-order valence-electron chi connectivity index (χ4n) is 3.28. The number of para-hydroxylation sites is 1. The summed E-state index contributed by atoms with van der Waals surface area (Å²) in [6.45, 7) is 5.54. The second-order valence-corrected chi connectivity index (χ2v) is 6.60. The van der Waals surface area contributed by atoms with Crippen LogP contribution in [-0.2, 0) is 14.3 Å². The van der Waals surface area contributed by atoms with Crippen LogP contribution in [0.15, 0.2) is 30.3 Å². The van der Waals surface area contributed by atoms with Gasteiger partial charge in [-0.25, -0.2) is 4.79 Å². The van der Waals surface area contributed by atoms with Crippen molar-refractivity contribution < 1.29 is 19.2 Å². The minimum Gasteiger partial charge on any atom is -0.449 e. The van der Waals surface area contributed by atoms with Crippen LogP contribution < -0.4 is 0 Å². The lowest BCUT2D eigenvalue weighted by Crippen LogP contribution is -2.51. The zero-order valence-electron chi connectivity index (χ0n) is 15.3. The summed E-state index contributed by atoms with van der Waals surface area (Å²) in [7, 11) is 0. The number of piperidine rings is 1. The third-order valence-electron chi connectivity index (χ3n) is 4.62. The van der Waals surface area contributed by atoms with Gasteiger partial charge in [-0.1, -0.05) is 12.1 Å². The molecule has 0 aliphatic carbocycles. The summed E-state index contributed by atoms with van der Waals surface area (Å²) >= 11 is 0. The molecule has 1 amide bonds. The van der Waals surface area contributed by atoms with E-state index in [-0.39, 0.29) is 23.7 Å². The maximum absolute atomic E-state index is 12.6. The fraction of sp³-hybridized carbons (Fsp3) is 0.474. The summed E-state index contributed by atoms with van der Waals surface area (Å²) in [6, 6.07) is 6.33. The third-order valence-corrected chi connectivity index (χ3v) is 4.62. The Morgan fingerprint density at radius 2 is 1.88 bits per heavy atom. The van der Waals surface area contributed by atoms with Crippen molar-refractivity contribution in [2.45, 2.75) is 58.2 Å². The maximum atomic E-state index is 12.6. The normalized spacial score (nSPS) is 21.4. The highest BCUT2D eigenvalue weighted by Crippen LogP contribution is 2.24. The van der Waals surface area contributed by atoms with E-state index in [1.165, 1.54) is 18.2 Å². The van der Waals surface area contributed by atoms with Gasteiger partial charge in [0.05, 0.1) is 10.5 Å². The number of esters is 1. The van der Waals surface area contributed by atoms with Gasteiger partial charge in [-0.2, -0.15) is 0 Å². The van der Waals surface area contributed by atoms with Crippen molar-refractivity contribution >= 4 is 23.6 Å². The molecule has 1 aliphatic heterocycles. The van der Waals surface area contributed by atoms with Gasteiger partial charge in [-0.3, -0.25) is 14.9 Å². The van der Waals surface area contributed by atoms with Gasteiger partial charge in [0, 0.05) is 24.2 Å². The number of likely N-dealkylation sites (tertiary alicyclic amines) is 1. The molecule has 3 atom stereocenters. The lowest BCUT2D eigenvalue weighted by atomic mass is 9.97. The van der Waals surface area contributed by atoms with Crippen molar-refractivity contribution in [1.29, 1.82) is 0 Å². The van der Waals surface area contributed by atoms with E-state index in [2.05, 4.69) is 0 Å². The summed E-state index contributed by atoms with van der Waals surface area (Å²) in [5, 5.41) is 11.0. The minimum atomic E-state index is -0.902. The topological polar surface area (TPSA) is 89.7 Å². The van der Waals surface area contributed by atoms with Gasteiger partial charge in [0.15, 0.2) is 6.10 Å². The van der Waals surface area contributed by atoms with E-state index in [1.807, 2.05) is 13.8 Å². The van der Waals surface area contributed by atoms with E-state index < -0.39 is 17.0 Å². The number of nitro groups is 1. The third kappa shape index (κ3) is 4.68. The first-order valence-corrected chi connectivity index (χ1v) is 8.75. The molecule has 0 bridgehead atoms. The first-order valence-electron chi connectivity index (χ1n) is 8.75. The first kappa shape index (κ1) is 19.6. The average molecular weight is 360 g/mol. The highest BCUT2D eigenvalue weighted by atomic mass is 16.6. The van der Waals surface area contributed by atoms with Gasteiger partial charge >= 0.3 is 5.97 Å². The molecule has 7 heteroatoms. The minimum absolute atomic E-state index is 0.100. The molecule has 0 radical (unpaired) electrons. The number of carbonyl (C=O) groups is 2. The van der Waals surface area contributed by atoms with Gasteiger partial charge in [0.25, 0.3) is 11.6 Å². The Labute approximate surface area is 152 Å². The van der Waals surface area contributed by atoms with E-state index in [4.69, 9.17) is 4.74 Å². The predicted octanol–water partition coefficient (Wildman–Crippen LogP) is 3.33. The van der Waals surface area contributed by atoms with Crippen molar-refractivity contribution in [3.63, 3.8) is 0 Å². The molecule has 140 valence electrons. The molecular formula is C19H24N2O5. The zero-order chi connectivity index (χ0) is 19.3. The molecule has 0 aromatic heterocycles. The van der Waals surface area contributed by atoms with Crippen LogP contribution >= 0.6 is 0 Å². The van der Waals surface area contributed by atoms with Crippen LogP contribution in [0.2, 0.25) is 0 Å². The van der Waals surface area contributed by atoms with Gasteiger partial charge in [0.1, 0.15) is 0 Å². The van der Waals surface area contributed by atoms with Crippen LogP contribution in [0.25, 0.3) is 6.08 Å². The Bertz CT molecular complexity index is 706. The largest absolute Gasteiger partial charge is 0.449 e. The SMILES string of the molecule is C[C@@H](OC(=O)/C=C/c1ccccc1[N+](=O)[O-])C(=O)N1[C@@H](C)CCC[C@@H]1C. The molecule has 0 spiro atoms. The second-order valence-electron chi connectivity index (χ2n) is 6.60. The van der Waals surface area contributed by atoms with Crippen LogP contribution in [0.3, 0.4) is 0 Å². The van der Waals surface area contributed by atoms with Crippen LogP contribution in [0, 0.1) is 10.1 Å². The van der Waals surface area contributed by atoms with Crippen molar-refractivity contribution in [1.82, 2.24) is 4.90 Å². The Morgan fingerprint density at radius 3 is 2.50 bits per heavy atom. The highest BCUT2D eigenvalue weighted by Gasteiger charge is 2.32. The van der Waals surface area contributed by atoms with Crippen molar-refractivity contribution in [2.75, 3.05) is 0 Å². The number of nitro benzene ring substituents is 1. The van der Waals surface area contributed by atoms with E-state index in [0.29, 0.717) is 5.56 Å². The smallest absolute Gasteiger partial charge is 0.331 e. The average Bonchev–Trinajstić information content (AvgIpc) is 2.59. The number of carbonyl (C=O) groups excluding carboxylic acids is 2. The maximum Gasteiger partial charge on any atom is 0.331 e. The fourth-order valence-corrected chi connectivity index (χ4v) is 3.28. The standard InChI is InChI=1S/C19H24N2O5/c1-13-7-6-8-14(2)20(13)19(23)15(3)26-18(22)12-11-16-9-4-5-10-17(16)21(24)25/h4-5,9-15H,6-8H2,1-3H3/b12-11+/t13-,14-,15+/m0/s1. The van der Waals surface area contributed by atoms with Gasteiger partial charge in [-0.15, -0.1) is 0 Å². The van der Waals surface area contributed by atoms with E-state index in [1.54, 1.807) is 24.0 Å². The Hall–Kier alpha value is -2.70. The van der Waals surface area contributed by atoms with Crippen LogP contribution in [0.4, 0.5) is 5.69 Å². The Kier molecular flexibility index (Phi) is 6.49. The van der Waals surface area contributed by atoms with Crippen LogP contribution in [0.1, 0.15) is 45.6 Å². The molecular weight excluding hydrogens is 336 g/mol. The molecule has 1 fully saturated rings. The molecule has 26 heavy (non-hydrogen) atoms. The van der Waals surface area contributed by atoms with E-state index >= 15 is 0 Å². The van der Waals surface area contributed by atoms with Crippen LogP contribution in [0.5, 0.6) is 0 Å². The highest BCUT2D eigenvalue weighted by molar-refractivity contribution is 5.91. The molecule has 1 aromatic rings. The number of hydrogen-bond donors (Lipinski definition) is 0. The molecule has 0 saturated carbocycles. The summed E-state index contributed by atoms with van der Waals surface area (Å²) < 4.78 is 5.20. The van der Waals surface area contributed by atoms with Crippen molar-refractivity contribution in [2.24, 2.45) is 0 Å². The van der Waals surface area contributed by atoms with Gasteiger partial charge in [-0.05, 0) is 52.2 Å². The molecule has 0 unspecified atom stereocenters. The Morgan fingerprint density at radius 1 is 1.27 bits per heavy atom. The number of ether oxygens (including phenoxy) is 1. The van der Waals surface area contributed by atoms with Crippen LogP contribution in [-0.4, -0.2) is 39.9 Å². The van der Waals surface area contributed by atoms with Gasteiger partial charge in [0.2, 0.25) is 0 Å². The van der Waals surface area contributed by atoms with E-state index in [9.17, 15) is 19.7 Å². The molecule has 2 rings (SSSR count). The zero-order valence-corrected chi connectivity index (χ0v) is 15.3. The molecule has 1 aromatic carbocycles. The quantitative estimate of drug-likeness (QED) is 0.348. The number of nitrogens with zero attached hydrogens (tertiary/aromatic N) is 2. The number of rotatable bonds is 5. The summed E-state index contributed by atoms with van der Waals surface area (Å²) in [4.78, 5) is 36.9. The van der Waals surface area contributed by atoms with Crippen molar-refractivity contribution in [3.05, 3.63) is 46.0 Å². The Balaban J connectivity index is 2.01. The second kappa shape index (κ2) is 8.60. The van der Waals surface area contributed by atoms with Crippen molar-refractivity contribution in [3.8, 4) is 0 Å². The number of hydrogen-bond acceptors (Lipinski definition) is 5. The predicted molar refractivity (Wildman–Crippen MR) is 97.3 cm³/mol. The molecule has 7 nitrogen and oxygen atoms in total. The monoisotopic (exact) mass is 360 g/mol. The molecule has 1 saturated heterocycles. The molecule has 0 N–H and O–H groups in total. The summed E-state index contributed by atoms with van der Waals surface area (Å²) in [5.74, 6) is -0.918.